The first-order chi connectivity index (χ1) is 11.5. The van der Waals surface area contributed by atoms with Crippen molar-refractivity contribution in [2.75, 3.05) is 26.2 Å². The van der Waals surface area contributed by atoms with Crippen molar-refractivity contribution in [3.63, 3.8) is 0 Å². The van der Waals surface area contributed by atoms with E-state index in [0.717, 1.165) is 37.5 Å². The van der Waals surface area contributed by atoms with E-state index in [1.165, 1.54) is 31.1 Å². The molecule has 1 aliphatic rings. The molecule has 0 spiro atoms. The predicted molar refractivity (Wildman–Crippen MR) is 94.6 cm³/mol. The molecule has 1 heterocycles. The molecule has 0 unspecified atom stereocenters. The van der Waals surface area contributed by atoms with Crippen molar-refractivity contribution in [1.82, 2.24) is 10.2 Å². The first kappa shape index (κ1) is 18.1. The highest BCUT2D eigenvalue weighted by atomic mass is 16.6. The summed E-state index contributed by atoms with van der Waals surface area (Å²) in [6.07, 6.45) is 6.61. The van der Waals surface area contributed by atoms with Gasteiger partial charge in [0.1, 0.15) is 0 Å². The van der Waals surface area contributed by atoms with Gasteiger partial charge in [-0.3, -0.25) is 14.9 Å². The summed E-state index contributed by atoms with van der Waals surface area (Å²) in [4.78, 5) is 24.4. The van der Waals surface area contributed by atoms with Crippen molar-refractivity contribution in [3.05, 3.63) is 46.0 Å². The molecule has 0 aliphatic carbocycles. The minimum absolute atomic E-state index is 0.0451. The number of nitro benzene ring substituents is 1. The first-order valence-corrected chi connectivity index (χ1v) is 8.47. The zero-order valence-electron chi connectivity index (χ0n) is 14.1. The Balaban J connectivity index is 1.64. The van der Waals surface area contributed by atoms with Gasteiger partial charge < -0.3 is 10.2 Å². The zero-order chi connectivity index (χ0) is 17.4. The van der Waals surface area contributed by atoms with E-state index in [0.29, 0.717) is 6.54 Å². The predicted octanol–water partition coefficient (Wildman–Crippen LogP) is 2.85. The minimum Gasteiger partial charge on any atom is -0.353 e. The molecular weight excluding hydrogens is 306 g/mol. The van der Waals surface area contributed by atoms with Gasteiger partial charge >= 0.3 is 0 Å². The molecule has 6 heteroatoms. The molecule has 0 atom stereocenters. The van der Waals surface area contributed by atoms with E-state index < -0.39 is 4.92 Å². The Hall–Kier alpha value is -2.21. The van der Waals surface area contributed by atoms with Gasteiger partial charge in [0.05, 0.1) is 4.92 Å². The van der Waals surface area contributed by atoms with Crippen LogP contribution in [0.15, 0.2) is 30.3 Å². The van der Waals surface area contributed by atoms with Gasteiger partial charge in [0, 0.05) is 24.8 Å². The quantitative estimate of drug-likeness (QED) is 0.361. The molecule has 1 fully saturated rings. The molecule has 1 aromatic carbocycles. The fourth-order valence-corrected chi connectivity index (χ4v) is 2.74. The van der Waals surface area contributed by atoms with Crippen LogP contribution in [-0.4, -0.2) is 41.9 Å². The standard InChI is InChI=1S/C18H25N3O3/c1-15-9-13-20(14-10-15)12-2-11-19-18(22)8-5-16-3-6-17(7-4-16)21(23)24/h3-8,15H,2,9-14H2,1H3,(H,19,22)/b8-5+. The summed E-state index contributed by atoms with van der Waals surface area (Å²) in [6, 6.07) is 6.10. The lowest BCUT2D eigenvalue weighted by Crippen LogP contribution is -2.35. The van der Waals surface area contributed by atoms with Gasteiger partial charge in [-0.05, 0) is 68.6 Å². The van der Waals surface area contributed by atoms with Gasteiger partial charge in [0.2, 0.25) is 5.91 Å². The lowest BCUT2D eigenvalue weighted by atomic mass is 9.99. The van der Waals surface area contributed by atoms with Gasteiger partial charge in [-0.2, -0.15) is 0 Å². The lowest BCUT2D eigenvalue weighted by molar-refractivity contribution is -0.384. The number of non-ortho nitro benzene ring substituents is 1. The second kappa shape index (κ2) is 9.17. The summed E-state index contributed by atoms with van der Waals surface area (Å²) in [7, 11) is 0. The van der Waals surface area contributed by atoms with E-state index >= 15 is 0 Å². The molecule has 0 aromatic heterocycles. The van der Waals surface area contributed by atoms with Crippen LogP contribution in [0.25, 0.3) is 6.08 Å². The molecule has 1 N–H and O–H groups in total. The Kier molecular flexibility index (Phi) is 6.93. The van der Waals surface area contributed by atoms with Crippen molar-refractivity contribution < 1.29 is 9.72 Å². The summed E-state index contributed by atoms with van der Waals surface area (Å²) in [5.41, 5.74) is 0.807. The van der Waals surface area contributed by atoms with Gasteiger partial charge in [-0.25, -0.2) is 0 Å². The SMILES string of the molecule is CC1CCN(CCCNC(=O)/C=C/c2ccc([N+](=O)[O-])cc2)CC1. The summed E-state index contributed by atoms with van der Waals surface area (Å²) in [6.45, 7) is 6.31. The van der Waals surface area contributed by atoms with Crippen LogP contribution in [0.4, 0.5) is 5.69 Å². The number of rotatable bonds is 7. The highest BCUT2D eigenvalue weighted by Gasteiger charge is 2.14. The van der Waals surface area contributed by atoms with Crippen molar-refractivity contribution in [2.45, 2.75) is 26.2 Å². The maximum Gasteiger partial charge on any atom is 0.269 e. The first-order valence-electron chi connectivity index (χ1n) is 8.47. The fraction of sp³-hybridized carbons (Fsp3) is 0.500. The van der Waals surface area contributed by atoms with E-state index in [-0.39, 0.29) is 11.6 Å². The smallest absolute Gasteiger partial charge is 0.269 e. The van der Waals surface area contributed by atoms with Gasteiger partial charge in [0.15, 0.2) is 0 Å². The average molecular weight is 331 g/mol. The molecule has 2 rings (SSSR count). The van der Waals surface area contributed by atoms with Crippen LogP contribution in [-0.2, 0) is 4.79 Å². The van der Waals surface area contributed by atoms with Crippen LogP contribution in [0, 0.1) is 16.0 Å². The second-order valence-electron chi connectivity index (χ2n) is 6.35. The molecule has 0 bridgehead atoms. The van der Waals surface area contributed by atoms with Crippen LogP contribution < -0.4 is 5.32 Å². The number of nitro groups is 1. The van der Waals surface area contributed by atoms with Crippen LogP contribution in [0.5, 0.6) is 0 Å². The molecule has 0 radical (unpaired) electrons. The Bertz CT molecular complexity index is 576. The van der Waals surface area contributed by atoms with E-state index in [1.54, 1.807) is 18.2 Å². The summed E-state index contributed by atoms with van der Waals surface area (Å²) < 4.78 is 0. The van der Waals surface area contributed by atoms with Gasteiger partial charge in [-0.1, -0.05) is 6.92 Å². The van der Waals surface area contributed by atoms with Crippen molar-refractivity contribution in [1.29, 1.82) is 0 Å². The molecular formula is C18H25N3O3. The number of carbonyl (C=O) groups excluding carboxylic acids is 1. The van der Waals surface area contributed by atoms with E-state index in [9.17, 15) is 14.9 Å². The maximum atomic E-state index is 11.8. The fourth-order valence-electron chi connectivity index (χ4n) is 2.74. The minimum atomic E-state index is -0.441. The Morgan fingerprint density at radius 1 is 1.33 bits per heavy atom. The molecule has 0 saturated carbocycles. The zero-order valence-corrected chi connectivity index (χ0v) is 14.1. The third-order valence-corrected chi connectivity index (χ3v) is 4.36. The van der Waals surface area contributed by atoms with Crippen LogP contribution in [0.2, 0.25) is 0 Å². The number of nitrogens with one attached hydrogen (secondary N) is 1. The summed E-state index contributed by atoms with van der Waals surface area (Å²) in [5, 5.41) is 13.4. The Morgan fingerprint density at radius 2 is 2.00 bits per heavy atom. The Labute approximate surface area is 142 Å². The van der Waals surface area contributed by atoms with E-state index in [1.807, 2.05) is 0 Å². The topological polar surface area (TPSA) is 75.5 Å². The molecule has 1 aromatic rings. The van der Waals surface area contributed by atoms with Crippen LogP contribution >= 0.6 is 0 Å². The summed E-state index contributed by atoms with van der Waals surface area (Å²) in [5.74, 6) is 0.700. The van der Waals surface area contributed by atoms with Gasteiger partial charge in [-0.15, -0.1) is 0 Å². The van der Waals surface area contributed by atoms with Crippen molar-refractivity contribution in [3.8, 4) is 0 Å². The third kappa shape index (κ3) is 6.12. The number of carbonyl (C=O) groups is 1. The number of hydrogen-bond donors (Lipinski definition) is 1. The average Bonchev–Trinajstić information content (AvgIpc) is 2.59. The van der Waals surface area contributed by atoms with Crippen molar-refractivity contribution >= 4 is 17.7 Å². The molecule has 6 nitrogen and oxygen atoms in total. The number of amides is 1. The van der Waals surface area contributed by atoms with Crippen LogP contribution in [0.3, 0.4) is 0 Å². The third-order valence-electron chi connectivity index (χ3n) is 4.36. The monoisotopic (exact) mass is 331 g/mol. The van der Waals surface area contributed by atoms with E-state index in [4.69, 9.17) is 0 Å². The molecule has 1 saturated heterocycles. The lowest BCUT2D eigenvalue weighted by Gasteiger charge is -2.30. The number of nitrogens with zero attached hydrogens (tertiary/aromatic N) is 2. The molecule has 130 valence electrons. The van der Waals surface area contributed by atoms with Crippen molar-refractivity contribution in [2.24, 2.45) is 5.92 Å². The van der Waals surface area contributed by atoms with Crippen LogP contribution in [0.1, 0.15) is 31.7 Å². The number of hydrogen-bond acceptors (Lipinski definition) is 4. The number of piperidine rings is 1. The summed E-state index contributed by atoms with van der Waals surface area (Å²) >= 11 is 0. The number of likely N-dealkylation sites (tertiary alicyclic amines) is 1. The highest BCUT2D eigenvalue weighted by molar-refractivity contribution is 5.91. The van der Waals surface area contributed by atoms with Gasteiger partial charge in [0.25, 0.3) is 5.69 Å². The largest absolute Gasteiger partial charge is 0.353 e. The molecule has 1 aliphatic heterocycles. The van der Waals surface area contributed by atoms with E-state index in [2.05, 4.69) is 17.1 Å². The molecule has 24 heavy (non-hydrogen) atoms. The maximum absolute atomic E-state index is 11.8. The highest BCUT2D eigenvalue weighted by Crippen LogP contribution is 2.15. The second-order valence-corrected chi connectivity index (χ2v) is 6.35. The molecule has 1 amide bonds. The number of benzene rings is 1. The normalized spacial score (nSPS) is 16.4. The Morgan fingerprint density at radius 3 is 2.62 bits per heavy atom.